The van der Waals surface area contributed by atoms with E-state index in [2.05, 4.69) is 6.92 Å². The van der Waals surface area contributed by atoms with Gasteiger partial charge in [0.1, 0.15) is 5.75 Å². The number of benzene rings is 1. The zero-order valence-electron chi connectivity index (χ0n) is 20.2. The first-order chi connectivity index (χ1) is 15.2. The molecule has 0 bridgehead atoms. The molecule has 0 heterocycles. The Hall–Kier alpha value is -2.66. The van der Waals surface area contributed by atoms with E-state index in [1.165, 1.54) is 12.8 Å². The number of carboxylic acid groups (broad SMARTS) is 1. The molecule has 1 aliphatic carbocycles. The van der Waals surface area contributed by atoms with Crippen LogP contribution in [0.4, 0.5) is 0 Å². The van der Waals surface area contributed by atoms with E-state index >= 15 is 0 Å². The highest BCUT2D eigenvalue weighted by Crippen LogP contribution is 2.45. The molecule has 2 rings (SSSR count). The lowest BCUT2D eigenvalue weighted by Crippen LogP contribution is -2.39. The third kappa shape index (κ3) is 5.57. The summed E-state index contributed by atoms with van der Waals surface area (Å²) in [7, 11) is 1.57. The Morgan fingerprint density at radius 2 is 1.75 bits per heavy atom. The van der Waals surface area contributed by atoms with Gasteiger partial charge in [-0.1, -0.05) is 37.8 Å². The smallest absolute Gasteiger partial charge is 0.335 e. The Balaban J connectivity index is 2.16. The monoisotopic (exact) mass is 440 g/mol. The second kappa shape index (κ2) is 11.3. The Morgan fingerprint density at radius 3 is 2.31 bits per heavy atom. The fourth-order valence-corrected chi connectivity index (χ4v) is 4.41. The van der Waals surface area contributed by atoms with Gasteiger partial charge in [0, 0.05) is 18.1 Å². The Kier molecular flexibility index (Phi) is 9.02. The van der Waals surface area contributed by atoms with Gasteiger partial charge in [-0.25, -0.2) is 4.79 Å². The van der Waals surface area contributed by atoms with E-state index in [1.54, 1.807) is 32.2 Å². The van der Waals surface area contributed by atoms with Gasteiger partial charge in [-0.15, -0.1) is 0 Å². The number of ketones is 1. The molecule has 5 heteroatoms. The summed E-state index contributed by atoms with van der Waals surface area (Å²) in [5.41, 5.74) is 2.48. The van der Waals surface area contributed by atoms with Crippen molar-refractivity contribution >= 4 is 11.8 Å². The number of unbranched alkanes of at least 4 members (excludes halogenated alkanes) is 3. The van der Waals surface area contributed by atoms with Gasteiger partial charge < -0.3 is 14.6 Å². The van der Waals surface area contributed by atoms with Gasteiger partial charge in [-0.3, -0.25) is 4.79 Å². The third-order valence-corrected chi connectivity index (χ3v) is 6.51. The SMILES string of the molecule is CCCCCCOc1ccc(C(=O)C=CC2(C)C(C)=C(C)C(C(=O)O)=C(C)C2OC)cc1. The molecule has 0 spiro atoms. The van der Waals surface area contributed by atoms with E-state index < -0.39 is 17.5 Å². The topological polar surface area (TPSA) is 72.8 Å². The first-order valence-electron chi connectivity index (χ1n) is 11.3. The number of rotatable bonds is 11. The molecule has 0 radical (unpaired) electrons. The molecule has 1 N–H and O–H groups in total. The number of carboxylic acids is 1. The van der Waals surface area contributed by atoms with Crippen molar-refractivity contribution in [1.82, 2.24) is 0 Å². The van der Waals surface area contributed by atoms with Crippen LogP contribution in [0.3, 0.4) is 0 Å². The van der Waals surface area contributed by atoms with E-state index in [1.807, 2.05) is 39.0 Å². The van der Waals surface area contributed by atoms with Crippen LogP contribution >= 0.6 is 0 Å². The fourth-order valence-electron chi connectivity index (χ4n) is 4.41. The van der Waals surface area contributed by atoms with Crippen LogP contribution in [0.2, 0.25) is 0 Å². The molecule has 0 amide bonds. The summed E-state index contributed by atoms with van der Waals surface area (Å²) in [5.74, 6) is -0.319. The van der Waals surface area contributed by atoms with Crippen molar-refractivity contribution in [1.29, 1.82) is 0 Å². The van der Waals surface area contributed by atoms with E-state index in [0.717, 1.165) is 24.2 Å². The molecule has 0 aromatic heterocycles. The Morgan fingerprint density at radius 1 is 1.09 bits per heavy atom. The lowest BCUT2D eigenvalue weighted by molar-refractivity contribution is -0.132. The minimum absolute atomic E-state index is 0.119. The van der Waals surface area contributed by atoms with Crippen molar-refractivity contribution in [3.63, 3.8) is 0 Å². The predicted molar refractivity (Wildman–Crippen MR) is 127 cm³/mol. The minimum Gasteiger partial charge on any atom is -0.494 e. The van der Waals surface area contributed by atoms with Gasteiger partial charge >= 0.3 is 5.97 Å². The van der Waals surface area contributed by atoms with Crippen LogP contribution in [-0.2, 0) is 9.53 Å². The number of ether oxygens (including phenoxy) is 2. The predicted octanol–water partition coefficient (Wildman–Crippen LogP) is 6.16. The van der Waals surface area contributed by atoms with E-state index in [9.17, 15) is 14.7 Å². The van der Waals surface area contributed by atoms with Gasteiger partial charge in [0.05, 0.1) is 18.3 Å². The quantitative estimate of drug-likeness (QED) is 0.253. The maximum atomic E-state index is 12.8. The number of methoxy groups -OCH3 is 1. The number of carbonyl (C=O) groups is 2. The van der Waals surface area contributed by atoms with Gasteiger partial charge in [0.15, 0.2) is 5.78 Å². The zero-order chi connectivity index (χ0) is 23.9. The molecule has 1 aliphatic rings. The average molecular weight is 441 g/mol. The van der Waals surface area contributed by atoms with Crippen LogP contribution in [0.1, 0.15) is 70.7 Å². The summed E-state index contributed by atoms with van der Waals surface area (Å²) >= 11 is 0. The average Bonchev–Trinajstić information content (AvgIpc) is 2.76. The summed E-state index contributed by atoms with van der Waals surface area (Å²) in [6.45, 7) is 10.3. The standard InChI is InChI=1S/C27H36O5/c1-7-8-9-10-17-32-22-13-11-21(12-14-22)23(28)15-16-27(5)20(4)18(2)24(26(29)30)19(3)25(27)31-6/h11-16,25H,7-10,17H2,1-6H3,(H,29,30). The van der Waals surface area contributed by atoms with Gasteiger partial charge in [0.2, 0.25) is 0 Å². The van der Waals surface area contributed by atoms with E-state index in [4.69, 9.17) is 9.47 Å². The number of carbonyl (C=O) groups excluding carboxylic acids is 1. The second-order valence-corrected chi connectivity index (χ2v) is 8.64. The maximum absolute atomic E-state index is 12.8. The van der Waals surface area contributed by atoms with Gasteiger partial charge in [0.25, 0.3) is 0 Å². The summed E-state index contributed by atoms with van der Waals surface area (Å²) in [5, 5.41) is 9.63. The lowest BCUT2D eigenvalue weighted by atomic mass is 9.67. The highest BCUT2D eigenvalue weighted by Gasteiger charge is 2.42. The van der Waals surface area contributed by atoms with E-state index in [0.29, 0.717) is 23.3 Å². The van der Waals surface area contributed by atoms with Crippen molar-refractivity contribution in [3.8, 4) is 5.75 Å². The van der Waals surface area contributed by atoms with Crippen LogP contribution in [0.25, 0.3) is 0 Å². The van der Waals surface area contributed by atoms with Gasteiger partial charge in [-0.05, 0) is 75.6 Å². The molecule has 0 saturated heterocycles. The number of hydrogen-bond donors (Lipinski definition) is 1. The second-order valence-electron chi connectivity index (χ2n) is 8.64. The first-order valence-corrected chi connectivity index (χ1v) is 11.3. The molecule has 0 fully saturated rings. The Bertz CT molecular complexity index is 920. The Labute approximate surface area is 191 Å². The first kappa shape index (κ1) is 25.6. The molecule has 2 unspecified atom stereocenters. The van der Waals surface area contributed by atoms with Crippen LogP contribution in [0.5, 0.6) is 5.75 Å². The largest absolute Gasteiger partial charge is 0.494 e. The molecule has 0 aliphatic heterocycles. The minimum atomic E-state index is -0.962. The van der Waals surface area contributed by atoms with Crippen molar-refractivity contribution in [2.45, 2.75) is 66.4 Å². The number of allylic oxidation sites excluding steroid dienone is 1. The molecule has 1 aromatic carbocycles. The maximum Gasteiger partial charge on any atom is 0.335 e. The fraction of sp³-hybridized carbons (Fsp3) is 0.481. The summed E-state index contributed by atoms with van der Waals surface area (Å²) < 4.78 is 11.4. The van der Waals surface area contributed by atoms with Crippen molar-refractivity contribution < 1.29 is 24.2 Å². The summed E-state index contributed by atoms with van der Waals surface area (Å²) in [6.07, 6.45) is 7.53. The molecule has 2 atom stereocenters. The molecule has 32 heavy (non-hydrogen) atoms. The summed E-state index contributed by atoms with van der Waals surface area (Å²) in [4.78, 5) is 24.6. The molecule has 174 valence electrons. The highest BCUT2D eigenvalue weighted by atomic mass is 16.5. The molecule has 0 saturated carbocycles. The van der Waals surface area contributed by atoms with Crippen LogP contribution in [0.15, 0.2) is 58.7 Å². The van der Waals surface area contributed by atoms with Crippen molar-refractivity contribution in [2.75, 3.05) is 13.7 Å². The normalized spacial score (nSPS) is 21.4. The molecular weight excluding hydrogens is 404 g/mol. The van der Waals surface area contributed by atoms with Crippen LogP contribution < -0.4 is 4.74 Å². The van der Waals surface area contributed by atoms with Gasteiger partial charge in [-0.2, -0.15) is 0 Å². The van der Waals surface area contributed by atoms with Crippen LogP contribution in [0, 0.1) is 5.41 Å². The van der Waals surface area contributed by atoms with Crippen molar-refractivity contribution in [2.24, 2.45) is 5.41 Å². The van der Waals surface area contributed by atoms with Crippen LogP contribution in [-0.4, -0.2) is 36.7 Å². The van der Waals surface area contributed by atoms with Crippen molar-refractivity contribution in [3.05, 3.63) is 64.3 Å². The molecule has 5 nitrogen and oxygen atoms in total. The lowest BCUT2D eigenvalue weighted by Gasteiger charge is -2.41. The van der Waals surface area contributed by atoms with E-state index in [-0.39, 0.29) is 11.4 Å². The zero-order valence-corrected chi connectivity index (χ0v) is 20.2. The molecule has 1 aromatic rings. The number of hydrogen-bond acceptors (Lipinski definition) is 4. The highest BCUT2D eigenvalue weighted by molar-refractivity contribution is 6.04. The molecular formula is C27H36O5. The third-order valence-electron chi connectivity index (χ3n) is 6.51. The summed E-state index contributed by atoms with van der Waals surface area (Å²) in [6, 6.07) is 7.18. The number of aliphatic carboxylic acids is 1.